The molecule has 0 radical (unpaired) electrons. The highest BCUT2D eigenvalue weighted by molar-refractivity contribution is 5.83. The fourth-order valence-corrected chi connectivity index (χ4v) is 3.04. The Balaban J connectivity index is 2.12. The minimum absolute atomic E-state index is 0.0714. The second-order valence-corrected chi connectivity index (χ2v) is 6.25. The molecule has 0 aromatic carbocycles. The Morgan fingerprint density at radius 3 is 2.50 bits per heavy atom. The van der Waals surface area contributed by atoms with Crippen LogP contribution in [0.4, 0.5) is 4.79 Å². The summed E-state index contributed by atoms with van der Waals surface area (Å²) in [6, 6.07) is -1.28. The van der Waals surface area contributed by atoms with Gasteiger partial charge in [0.2, 0.25) is 0 Å². The standard InChI is InChI=1S/C13H22N2O5/c1-8-5-14(7-13(2,3)20-8)12(19)15-6-9(16)4-10(15)11(17)18/h8-10,16H,4-7H2,1-3H3,(H,17,18)/t8?,9-,10+/m1/s1. The summed E-state index contributed by atoms with van der Waals surface area (Å²) in [7, 11) is 0. The first-order chi connectivity index (χ1) is 9.19. The second-order valence-electron chi connectivity index (χ2n) is 6.25. The molecule has 3 atom stereocenters. The molecule has 2 saturated heterocycles. The van der Waals surface area contributed by atoms with Crippen molar-refractivity contribution in [3.63, 3.8) is 0 Å². The molecule has 114 valence electrons. The highest BCUT2D eigenvalue weighted by Crippen LogP contribution is 2.25. The predicted octanol–water partition coefficient (Wildman–Crippen LogP) is 0.125. The number of carbonyl (C=O) groups excluding carboxylic acids is 1. The monoisotopic (exact) mass is 286 g/mol. The third-order valence-electron chi connectivity index (χ3n) is 3.65. The van der Waals surface area contributed by atoms with Crippen molar-refractivity contribution in [1.82, 2.24) is 9.80 Å². The maximum atomic E-state index is 12.5. The van der Waals surface area contributed by atoms with Crippen LogP contribution in [0, 0.1) is 0 Å². The molecular weight excluding hydrogens is 264 g/mol. The molecule has 0 aromatic rings. The van der Waals surface area contributed by atoms with Crippen molar-refractivity contribution in [1.29, 1.82) is 0 Å². The van der Waals surface area contributed by atoms with Gasteiger partial charge in [-0.05, 0) is 20.8 Å². The molecule has 0 aliphatic carbocycles. The van der Waals surface area contributed by atoms with Crippen LogP contribution in [0.5, 0.6) is 0 Å². The van der Waals surface area contributed by atoms with Crippen molar-refractivity contribution in [2.45, 2.75) is 51.0 Å². The van der Waals surface area contributed by atoms with E-state index in [1.165, 1.54) is 4.90 Å². The molecule has 1 unspecified atom stereocenters. The third kappa shape index (κ3) is 3.04. The molecule has 2 heterocycles. The molecule has 2 N–H and O–H groups in total. The van der Waals surface area contributed by atoms with Crippen molar-refractivity contribution in [2.75, 3.05) is 19.6 Å². The molecule has 7 nitrogen and oxygen atoms in total. The lowest BCUT2D eigenvalue weighted by Gasteiger charge is -2.43. The van der Waals surface area contributed by atoms with E-state index >= 15 is 0 Å². The lowest BCUT2D eigenvalue weighted by Crippen LogP contribution is -2.58. The number of amides is 2. The topological polar surface area (TPSA) is 90.3 Å². The van der Waals surface area contributed by atoms with E-state index in [9.17, 15) is 14.7 Å². The zero-order valence-electron chi connectivity index (χ0n) is 12.1. The van der Waals surface area contributed by atoms with Gasteiger partial charge in [-0.1, -0.05) is 0 Å². The molecule has 0 aromatic heterocycles. The molecule has 0 saturated carbocycles. The SMILES string of the molecule is CC1CN(C(=O)N2C[C@H](O)C[C@H]2C(=O)O)CC(C)(C)O1. The van der Waals surface area contributed by atoms with Gasteiger partial charge in [-0.25, -0.2) is 9.59 Å². The quantitative estimate of drug-likeness (QED) is 0.715. The summed E-state index contributed by atoms with van der Waals surface area (Å²) in [5.41, 5.74) is -0.454. The molecule has 2 aliphatic rings. The second kappa shape index (κ2) is 5.21. The van der Waals surface area contributed by atoms with E-state index in [0.29, 0.717) is 13.1 Å². The van der Waals surface area contributed by atoms with Gasteiger partial charge in [0, 0.05) is 19.5 Å². The normalized spacial score (nSPS) is 33.3. The number of aliphatic carboxylic acids is 1. The Morgan fingerprint density at radius 1 is 1.30 bits per heavy atom. The van der Waals surface area contributed by atoms with E-state index in [0.717, 1.165) is 0 Å². The summed E-state index contributed by atoms with van der Waals surface area (Å²) >= 11 is 0. The Morgan fingerprint density at radius 2 is 1.95 bits per heavy atom. The smallest absolute Gasteiger partial charge is 0.326 e. The largest absolute Gasteiger partial charge is 0.480 e. The first-order valence-electron chi connectivity index (χ1n) is 6.84. The highest BCUT2D eigenvalue weighted by atomic mass is 16.5. The number of likely N-dealkylation sites (tertiary alicyclic amines) is 1. The molecule has 2 amide bonds. The Hall–Kier alpha value is -1.34. The summed E-state index contributed by atoms with van der Waals surface area (Å²) in [6.45, 7) is 6.60. The summed E-state index contributed by atoms with van der Waals surface area (Å²) < 4.78 is 5.73. The Labute approximate surface area is 118 Å². The van der Waals surface area contributed by atoms with E-state index in [-0.39, 0.29) is 25.1 Å². The summed E-state index contributed by atoms with van der Waals surface area (Å²) in [5.74, 6) is -1.07. The van der Waals surface area contributed by atoms with Gasteiger partial charge in [-0.15, -0.1) is 0 Å². The Kier molecular flexibility index (Phi) is 3.93. The first kappa shape index (κ1) is 15.1. The fraction of sp³-hybridized carbons (Fsp3) is 0.846. The first-order valence-corrected chi connectivity index (χ1v) is 6.84. The molecule has 2 rings (SSSR count). The van der Waals surface area contributed by atoms with Crippen LogP contribution in [0.2, 0.25) is 0 Å². The number of urea groups is 1. The van der Waals surface area contributed by atoms with Gasteiger partial charge in [0.25, 0.3) is 0 Å². The lowest BCUT2D eigenvalue weighted by molar-refractivity contribution is -0.142. The number of aliphatic hydroxyl groups excluding tert-OH is 1. The number of ether oxygens (including phenoxy) is 1. The summed E-state index contributed by atoms with van der Waals surface area (Å²) in [4.78, 5) is 26.6. The van der Waals surface area contributed by atoms with Gasteiger partial charge >= 0.3 is 12.0 Å². The van der Waals surface area contributed by atoms with Crippen LogP contribution in [-0.2, 0) is 9.53 Å². The van der Waals surface area contributed by atoms with Gasteiger partial charge in [0.15, 0.2) is 0 Å². The number of hydrogen-bond donors (Lipinski definition) is 2. The number of carbonyl (C=O) groups is 2. The number of carboxylic acid groups (broad SMARTS) is 1. The zero-order chi connectivity index (χ0) is 15.1. The lowest BCUT2D eigenvalue weighted by atomic mass is 10.1. The van der Waals surface area contributed by atoms with Crippen LogP contribution in [-0.4, -0.2) is 75.5 Å². The average molecular weight is 286 g/mol. The van der Waals surface area contributed by atoms with Crippen molar-refractivity contribution < 1.29 is 24.5 Å². The summed E-state index contributed by atoms with van der Waals surface area (Å²) in [5, 5.41) is 18.8. The van der Waals surface area contributed by atoms with Crippen molar-refractivity contribution in [3.05, 3.63) is 0 Å². The molecular formula is C13H22N2O5. The number of rotatable bonds is 1. The van der Waals surface area contributed by atoms with Gasteiger partial charge < -0.3 is 24.7 Å². The van der Waals surface area contributed by atoms with Crippen LogP contribution in [0.25, 0.3) is 0 Å². The number of hydrogen-bond acceptors (Lipinski definition) is 4. The van der Waals surface area contributed by atoms with E-state index in [1.807, 2.05) is 20.8 Å². The van der Waals surface area contributed by atoms with E-state index in [1.54, 1.807) is 4.90 Å². The van der Waals surface area contributed by atoms with E-state index in [2.05, 4.69) is 0 Å². The Bertz CT molecular complexity index is 412. The van der Waals surface area contributed by atoms with Crippen LogP contribution in [0.1, 0.15) is 27.2 Å². The van der Waals surface area contributed by atoms with Crippen molar-refractivity contribution in [2.24, 2.45) is 0 Å². The van der Waals surface area contributed by atoms with Crippen LogP contribution in [0.15, 0.2) is 0 Å². The minimum atomic E-state index is -1.07. The molecule has 2 aliphatic heterocycles. The zero-order valence-corrected chi connectivity index (χ0v) is 12.1. The maximum Gasteiger partial charge on any atom is 0.326 e. The highest BCUT2D eigenvalue weighted by Gasteiger charge is 2.43. The number of morpholine rings is 1. The van der Waals surface area contributed by atoms with Crippen molar-refractivity contribution in [3.8, 4) is 0 Å². The molecule has 0 bridgehead atoms. The van der Waals surface area contributed by atoms with Crippen LogP contribution >= 0.6 is 0 Å². The molecule has 7 heteroatoms. The molecule has 0 spiro atoms. The van der Waals surface area contributed by atoms with Crippen LogP contribution in [0.3, 0.4) is 0 Å². The fourth-order valence-electron chi connectivity index (χ4n) is 3.04. The van der Waals surface area contributed by atoms with Gasteiger partial charge in [-0.2, -0.15) is 0 Å². The van der Waals surface area contributed by atoms with E-state index < -0.39 is 23.7 Å². The van der Waals surface area contributed by atoms with E-state index in [4.69, 9.17) is 9.84 Å². The van der Waals surface area contributed by atoms with Crippen molar-refractivity contribution >= 4 is 12.0 Å². The van der Waals surface area contributed by atoms with Crippen LogP contribution < -0.4 is 0 Å². The number of nitrogens with zero attached hydrogens (tertiary/aromatic N) is 2. The predicted molar refractivity (Wildman–Crippen MR) is 70.3 cm³/mol. The number of carboxylic acids is 1. The van der Waals surface area contributed by atoms with Gasteiger partial charge in [-0.3, -0.25) is 0 Å². The molecule has 20 heavy (non-hydrogen) atoms. The average Bonchev–Trinajstić information content (AvgIpc) is 2.67. The minimum Gasteiger partial charge on any atom is -0.480 e. The van der Waals surface area contributed by atoms with Gasteiger partial charge in [0.05, 0.1) is 24.4 Å². The maximum absolute atomic E-state index is 12.5. The number of aliphatic hydroxyl groups is 1. The third-order valence-corrected chi connectivity index (χ3v) is 3.65. The van der Waals surface area contributed by atoms with Gasteiger partial charge in [0.1, 0.15) is 6.04 Å². The summed E-state index contributed by atoms with van der Waals surface area (Å²) in [6.07, 6.45) is -0.783. The number of β-amino-alcohol motifs (C(OH)–C–C–N with tert-alkyl or cyclic N) is 1. The molecule has 2 fully saturated rings.